The summed E-state index contributed by atoms with van der Waals surface area (Å²) in [4.78, 5) is 12.3. The summed E-state index contributed by atoms with van der Waals surface area (Å²) >= 11 is 3.49. The van der Waals surface area contributed by atoms with E-state index in [4.69, 9.17) is 14.2 Å². The minimum atomic E-state index is -1.51. The second kappa shape index (κ2) is 5.53. The van der Waals surface area contributed by atoms with Crippen molar-refractivity contribution in [2.45, 2.75) is 19.1 Å². The molecule has 1 heterocycles. The number of hydrogen-bond acceptors (Lipinski definition) is 5. The molecule has 0 saturated heterocycles. The molecule has 0 bridgehead atoms. The maximum atomic E-state index is 12.3. The molecule has 0 aromatic heterocycles. The smallest absolute Gasteiger partial charge is 0.212 e. The zero-order valence-electron chi connectivity index (χ0n) is 12.2. The number of rotatable bonds is 3. The second-order valence-electron chi connectivity index (χ2n) is 5.34. The van der Waals surface area contributed by atoms with Gasteiger partial charge in [-0.05, 0) is 12.1 Å². The van der Waals surface area contributed by atoms with E-state index in [1.807, 2.05) is 18.2 Å². The quantitative estimate of drug-likeness (QED) is 0.844. The Morgan fingerprint density at radius 2 is 2.23 bits per heavy atom. The summed E-state index contributed by atoms with van der Waals surface area (Å²) in [6.07, 6.45) is -0.0940. The van der Waals surface area contributed by atoms with E-state index in [1.54, 1.807) is 6.07 Å². The van der Waals surface area contributed by atoms with Crippen LogP contribution in [0.2, 0.25) is 0 Å². The first-order chi connectivity index (χ1) is 10.4. The zero-order chi connectivity index (χ0) is 15.9. The zero-order valence-corrected chi connectivity index (χ0v) is 13.8. The lowest BCUT2D eigenvalue weighted by Gasteiger charge is -2.31. The molecule has 0 fully saturated rings. The van der Waals surface area contributed by atoms with Gasteiger partial charge in [-0.25, -0.2) is 0 Å². The van der Waals surface area contributed by atoms with Crippen LogP contribution in [0.1, 0.15) is 23.7 Å². The molecule has 6 heteroatoms. The molecule has 1 N–H and O–H groups in total. The highest BCUT2D eigenvalue weighted by Crippen LogP contribution is 2.44. The van der Waals surface area contributed by atoms with Crippen LogP contribution in [-0.2, 0) is 4.74 Å². The molecule has 1 aliphatic rings. The first kappa shape index (κ1) is 15.3. The second-order valence-corrected chi connectivity index (χ2v) is 6.20. The van der Waals surface area contributed by atoms with Gasteiger partial charge in [0.25, 0.3) is 0 Å². The van der Waals surface area contributed by atoms with Gasteiger partial charge in [-0.3, -0.25) is 4.79 Å². The van der Waals surface area contributed by atoms with Crippen molar-refractivity contribution < 1.29 is 24.1 Å². The maximum absolute atomic E-state index is 12.3. The lowest BCUT2D eigenvalue weighted by atomic mass is 9.95. The van der Waals surface area contributed by atoms with Gasteiger partial charge in [0.15, 0.2) is 12.6 Å². The van der Waals surface area contributed by atoms with E-state index >= 15 is 0 Å². The molecule has 0 spiro atoms. The van der Waals surface area contributed by atoms with Crippen molar-refractivity contribution in [1.29, 1.82) is 0 Å². The first-order valence-electron chi connectivity index (χ1n) is 6.74. The summed E-state index contributed by atoms with van der Waals surface area (Å²) < 4.78 is 17.0. The lowest BCUT2D eigenvalue weighted by Crippen LogP contribution is -2.38. The van der Waals surface area contributed by atoms with Crippen molar-refractivity contribution in [3.63, 3.8) is 0 Å². The maximum Gasteiger partial charge on any atom is 0.212 e. The van der Waals surface area contributed by atoms with Crippen molar-refractivity contribution >= 4 is 32.5 Å². The molecule has 0 radical (unpaired) electrons. The van der Waals surface area contributed by atoms with E-state index in [-0.39, 0.29) is 19.0 Å². The SMILES string of the molecule is COCOc1cc2c(c3cccc(Br)c13)OC(C)(O)CC2=O. The molecule has 0 saturated carbocycles. The number of halogens is 1. The molecule has 0 aliphatic carbocycles. The van der Waals surface area contributed by atoms with Gasteiger partial charge in [0.1, 0.15) is 11.5 Å². The lowest BCUT2D eigenvalue weighted by molar-refractivity contribution is -0.122. The standard InChI is InChI=1S/C16H15BrO5/c1-16(19)7-12(18)10-6-13(21-8-20-2)14-9(15(10)22-16)4-3-5-11(14)17/h3-6,19H,7-8H2,1-2H3. The molecular formula is C16H15BrO5. The van der Waals surface area contributed by atoms with Gasteiger partial charge in [-0.1, -0.05) is 28.1 Å². The van der Waals surface area contributed by atoms with E-state index in [2.05, 4.69) is 15.9 Å². The Balaban J connectivity index is 2.29. The number of ether oxygens (including phenoxy) is 3. The van der Waals surface area contributed by atoms with E-state index < -0.39 is 5.79 Å². The van der Waals surface area contributed by atoms with E-state index in [9.17, 15) is 9.90 Å². The number of carbonyl (C=O) groups is 1. The van der Waals surface area contributed by atoms with Gasteiger partial charge >= 0.3 is 0 Å². The predicted octanol–water partition coefficient (Wildman–Crippen LogP) is 3.26. The molecule has 1 aliphatic heterocycles. The van der Waals surface area contributed by atoms with Crippen LogP contribution in [0.4, 0.5) is 0 Å². The van der Waals surface area contributed by atoms with Gasteiger partial charge in [0.2, 0.25) is 5.79 Å². The fourth-order valence-electron chi connectivity index (χ4n) is 2.58. The third-order valence-electron chi connectivity index (χ3n) is 3.47. The van der Waals surface area contributed by atoms with Gasteiger partial charge in [-0.2, -0.15) is 0 Å². The van der Waals surface area contributed by atoms with Crippen molar-refractivity contribution in [2.75, 3.05) is 13.9 Å². The van der Waals surface area contributed by atoms with Crippen LogP contribution in [0.15, 0.2) is 28.7 Å². The van der Waals surface area contributed by atoms with Crippen LogP contribution in [0.25, 0.3) is 10.8 Å². The average molecular weight is 367 g/mol. The Hall–Kier alpha value is -1.63. The van der Waals surface area contributed by atoms with Crippen molar-refractivity contribution in [2.24, 2.45) is 0 Å². The number of methoxy groups -OCH3 is 1. The Labute approximate surface area is 135 Å². The molecule has 1 atom stereocenters. The fraction of sp³-hybridized carbons (Fsp3) is 0.312. The Kier molecular flexibility index (Phi) is 3.84. The highest BCUT2D eigenvalue weighted by Gasteiger charge is 2.36. The number of hydrogen-bond donors (Lipinski definition) is 1. The molecule has 2 aromatic carbocycles. The summed E-state index contributed by atoms with van der Waals surface area (Å²) in [5.74, 6) is -0.784. The minimum absolute atomic E-state index is 0.0714. The minimum Gasteiger partial charge on any atom is -0.467 e. The highest BCUT2D eigenvalue weighted by atomic mass is 79.9. The van der Waals surface area contributed by atoms with Crippen molar-refractivity contribution in [3.8, 4) is 11.5 Å². The van der Waals surface area contributed by atoms with Gasteiger partial charge in [-0.15, -0.1) is 0 Å². The Morgan fingerprint density at radius 3 is 2.95 bits per heavy atom. The number of Topliss-reactive ketones (excluding diaryl/α,β-unsaturated/α-hetero) is 1. The van der Waals surface area contributed by atoms with Gasteiger partial charge in [0, 0.05) is 29.3 Å². The molecule has 116 valence electrons. The number of carbonyl (C=O) groups excluding carboxylic acids is 1. The van der Waals surface area contributed by atoms with Crippen LogP contribution >= 0.6 is 15.9 Å². The van der Waals surface area contributed by atoms with E-state index in [0.717, 1.165) is 9.86 Å². The normalized spacial score (nSPS) is 20.6. The number of benzene rings is 2. The third-order valence-corrected chi connectivity index (χ3v) is 4.13. The third kappa shape index (κ3) is 2.58. The number of ketones is 1. The molecule has 2 aromatic rings. The molecule has 5 nitrogen and oxygen atoms in total. The van der Waals surface area contributed by atoms with Crippen LogP contribution < -0.4 is 9.47 Å². The van der Waals surface area contributed by atoms with Crippen LogP contribution in [0.5, 0.6) is 11.5 Å². The van der Waals surface area contributed by atoms with Gasteiger partial charge in [0.05, 0.1) is 12.0 Å². The molecule has 0 amide bonds. The monoisotopic (exact) mass is 366 g/mol. The Morgan fingerprint density at radius 1 is 1.45 bits per heavy atom. The van der Waals surface area contributed by atoms with Crippen LogP contribution in [0.3, 0.4) is 0 Å². The number of fused-ring (bicyclic) bond motifs is 3. The van der Waals surface area contributed by atoms with Crippen LogP contribution in [-0.4, -0.2) is 30.6 Å². The summed E-state index contributed by atoms with van der Waals surface area (Å²) in [5.41, 5.74) is 0.406. The van der Waals surface area contributed by atoms with Gasteiger partial charge < -0.3 is 19.3 Å². The molecule has 3 rings (SSSR count). The topological polar surface area (TPSA) is 65.0 Å². The first-order valence-corrected chi connectivity index (χ1v) is 7.54. The van der Waals surface area contributed by atoms with E-state index in [1.165, 1.54) is 14.0 Å². The predicted molar refractivity (Wildman–Crippen MR) is 84.4 cm³/mol. The molecule has 22 heavy (non-hydrogen) atoms. The van der Waals surface area contributed by atoms with E-state index in [0.29, 0.717) is 22.4 Å². The number of aliphatic hydroxyl groups is 1. The molecule has 1 unspecified atom stereocenters. The Bertz CT molecular complexity index is 754. The highest BCUT2D eigenvalue weighted by molar-refractivity contribution is 9.10. The molecular weight excluding hydrogens is 352 g/mol. The summed E-state index contributed by atoms with van der Waals surface area (Å²) in [6.45, 7) is 1.55. The van der Waals surface area contributed by atoms with Crippen LogP contribution in [0, 0.1) is 0 Å². The summed E-state index contributed by atoms with van der Waals surface area (Å²) in [5, 5.41) is 11.6. The fourth-order valence-corrected chi connectivity index (χ4v) is 3.14. The van der Waals surface area contributed by atoms with Crippen molar-refractivity contribution in [1.82, 2.24) is 0 Å². The van der Waals surface area contributed by atoms with Crippen molar-refractivity contribution in [3.05, 3.63) is 34.3 Å². The summed E-state index contributed by atoms with van der Waals surface area (Å²) in [6, 6.07) is 7.17. The summed E-state index contributed by atoms with van der Waals surface area (Å²) in [7, 11) is 1.53. The largest absolute Gasteiger partial charge is 0.467 e. The average Bonchev–Trinajstić information content (AvgIpc) is 2.44.